The highest BCUT2D eigenvalue weighted by molar-refractivity contribution is 7.99. The molecule has 0 spiro atoms. The van der Waals surface area contributed by atoms with Crippen molar-refractivity contribution in [3.63, 3.8) is 0 Å². The number of amides is 2. The van der Waals surface area contributed by atoms with E-state index in [1.807, 2.05) is 36.7 Å². The minimum atomic E-state index is -0.262. The number of methoxy groups -OCH3 is 1. The molecule has 1 aromatic carbocycles. The SMILES string of the molecule is COc1ccc(C)cc1NC(=O)NCCSc1nncn1C. The first kappa shape index (κ1) is 16.2. The van der Waals surface area contributed by atoms with Gasteiger partial charge in [0, 0.05) is 19.3 Å². The maximum atomic E-state index is 11.9. The van der Waals surface area contributed by atoms with Gasteiger partial charge >= 0.3 is 6.03 Å². The summed E-state index contributed by atoms with van der Waals surface area (Å²) in [5.74, 6) is 1.35. The van der Waals surface area contributed by atoms with E-state index < -0.39 is 0 Å². The van der Waals surface area contributed by atoms with Crippen molar-refractivity contribution in [1.82, 2.24) is 20.1 Å². The van der Waals surface area contributed by atoms with E-state index >= 15 is 0 Å². The number of urea groups is 1. The zero-order valence-electron chi connectivity index (χ0n) is 12.8. The molecule has 0 saturated heterocycles. The number of hydrogen-bond donors (Lipinski definition) is 2. The maximum Gasteiger partial charge on any atom is 0.319 e. The quantitative estimate of drug-likeness (QED) is 0.628. The minimum Gasteiger partial charge on any atom is -0.495 e. The van der Waals surface area contributed by atoms with Gasteiger partial charge in [0.25, 0.3) is 0 Å². The van der Waals surface area contributed by atoms with Crippen molar-refractivity contribution in [1.29, 1.82) is 0 Å². The second-order valence-corrected chi connectivity index (χ2v) is 5.72. The van der Waals surface area contributed by atoms with Gasteiger partial charge in [-0.3, -0.25) is 0 Å². The third-order valence-corrected chi connectivity index (χ3v) is 3.93. The van der Waals surface area contributed by atoms with Crippen LogP contribution in [0.2, 0.25) is 0 Å². The van der Waals surface area contributed by atoms with Crippen molar-refractivity contribution in [2.45, 2.75) is 12.1 Å². The molecule has 2 rings (SSSR count). The molecule has 7 nitrogen and oxygen atoms in total. The molecule has 0 aliphatic carbocycles. The molecule has 0 fully saturated rings. The van der Waals surface area contributed by atoms with Crippen LogP contribution in [0.5, 0.6) is 5.75 Å². The van der Waals surface area contributed by atoms with E-state index in [-0.39, 0.29) is 6.03 Å². The van der Waals surface area contributed by atoms with E-state index in [1.165, 1.54) is 11.8 Å². The third-order valence-electron chi connectivity index (χ3n) is 2.89. The summed E-state index contributed by atoms with van der Waals surface area (Å²) < 4.78 is 7.06. The van der Waals surface area contributed by atoms with Gasteiger partial charge in [-0.25, -0.2) is 4.79 Å². The van der Waals surface area contributed by atoms with Crippen molar-refractivity contribution in [2.75, 3.05) is 24.7 Å². The normalized spacial score (nSPS) is 10.3. The number of carbonyl (C=O) groups excluding carboxylic acids is 1. The Labute approximate surface area is 133 Å². The number of aromatic nitrogens is 3. The summed E-state index contributed by atoms with van der Waals surface area (Å²) in [5, 5.41) is 14.2. The van der Waals surface area contributed by atoms with Gasteiger partial charge in [-0.2, -0.15) is 0 Å². The molecule has 2 amide bonds. The van der Waals surface area contributed by atoms with E-state index in [0.717, 1.165) is 10.7 Å². The molecular weight excluding hydrogens is 302 g/mol. The van der Waals surface area contributed by atoms with Crippen molar-refractivity contribution in [3.05, 3.63) is 30.1 Å². The van der Waals surface area contributed by atoms with Gasteiger partial charge in [-0.05, 0) is 24.6 Å². The second kappa shape index (κ2) is 7.69. The molecule has 0 saturated carbocycles. The first-order chi connectivity index (χ1) is 10.6. The lowest BCUT2D eigenvalue weighted by atomic mass is 10.2. The number of aryl methyl sites for hydroxylation is 2. The predicted molar refractivity (Wildman–Crippen MR) is 86.5 cm³/mol. The lowest BCUT2D eigenvalue weighted by Crippen LogP contribution is -2.30. The van der Waals surface area contributed by atoms with E-state index in [2.05, 4.69) is 20.8 Å². The number of carbonyl (C=O) groups is 1. The van der Waals surface area contributed by atoms with E-state index in [4.69, 9.17) is 4.74 Å². The van der Waals surface area contributed by atoms with Gasteiger partial charge in [0.15, 0.2) is 5.16 Å². The number of ether oxygens (including phenoxy) is 1. The average Bonchev–Trinajstić information content (AvgIpc) is 2.89. The summed E-state index contributed by atoms with van der Waals surface area (Å²) in [7, 11) is 3.46. The minimum absolute atomic E-state index is 0.262. The van der Waals surface area contributed by atoms with Crippen LogP contribution < -0.4 is 15.4 Å². The van der Waals surface area contributed by atoms with Gasteiger partial charge in [0.2, 0.25) is 0 Å². The van der Waals surface area contributed by atoms with Gasteiger partial charge in [-0.15, -0.1) is 10.2 Å². The van der Waals surface area contributed by atoms with Gasteiger partial charge in [-0.1, -0.05) is 17.8 Å². The molecule has 2 N–H and O–H groups in total. The first-order valence-corrected chi connectivity index (χ1v) is 7.75. The smallest absolute Gasteiger partial charge is 0.319 e. The largest absolute Gasteiger partial charge is 0.495 e. The Hall–Kier alpha value is -2.22. The van der Waals surface area contributed by atoms with Crippen LogP contribution in [-0.2, 0) is 7.05 Å². The molecular formula is C14H19N5O2S. The van der Waals surface area contributed by atoms with Crippen molar-refractivity contribution < 1.29 is 9.53 Å². The number of rotatable bonds is 6. The highest BCUT2D eigenvalue weighted by Gasteiger charge is 2.07. The summed E-state index contributed by atoms with van der Waals surface area (Å²) in [6, 6.07) is 5.36. The van der Waals surface area contributed by atoms with Crippen LogP contribution in [0.25, 0.3) is 0 Å². The number of hydrogen-bond acceptors (Lipinski definition) is 5. The van der Waals surface area contributed by atoms with Crippen LogP contribution in [0.1, 0.15) is 5.56 Å². The zero-order valence-corrected chi connectivity index (χ0v) is 13.6. The topological polar surface area (TPSA) is 81.1 Å². The Morgan fingerprint density at radius 3 is 2.95 bits per heavy atom. The first-order valence-electron chi connectivity index (χ1n) is 6.76. The Bertz CT molecular complexity index is 644. The Balaban J connectivity index is 1.78. The fourth-order valence-electron chi connectivity index (χ4n) is 1.80. The molecule has 0 radical (unpaired) electrons. The zero-order chi connectivity index (χ0) is 15.9. The number of nitrogens with one attached hydrogen (secondary N) is 2. The third kappa shape index (κ3) is 4.39. The Morgan fingerprint density at radius 2 is 2.27 bits per heavy atom. The Morgan fingerprint density at radius 1 is 1.45 bits per heavy atom. The number of thioether (sulfide) groups is 1. The lowest BCUT2D eigenvalue weighted by molar-refractivity contribution is 0.252. The summed E-state index contributed by atoms with van der Waals surface area (Å²) in [6.07, 6.45) is 1.65. The van der Waals surface area contributed by atoms with Crippen molar-refractivity contribution in [2.24, 2.45) is 7.05 Å². The van der Waals surface area contributed by atoms with Crippen LogP contribution in [0, 0.1) is 6.92 Å². The average molecular weight is 321 g/mol. The maximum absolute atomic E-state index is 11.9. The van der Waals surface area contributed by atoms with Crippen LogP contribution in [-0.4, -0.2) is 40.2 Å². The number of anilines is 1. The van der Waals surface area contributed by atoms with Gasteiger partial charge in [0.1, 0.15) is 12.1 Å². The van der Waals surface area contributed by atoms with Crippen molar-refractivity contribution >= 4 is 23.5 Å². The Kier molecular flexibility index (Phi) is 5.65. The van der Waals surface area contributed by atoms with Crippen LogP contribution in [0.3, 0.4) is 0 Å². The molecule has 1 heterocycles. The van der Waals surface area contributed by atoms with E-state index in [0.29, 0.717) is 23.7 Å². The van der Waals surface area contributed by atoms with Crippen LogP contribution in [0.4, 0.5) is 10.5 Å². The van der Waals surface area contributed by atoms with E-state index in [9.17, 15) is 4.79 Å². The molecule has 22 heavy (non-hydrogen) atoms. The highest BCUT2D eigenvalue weighted by atomic mass is 32.2. The fourth-order valence-corrected chi connectivity index (χ4v) is 2.54. The number of nitrogens with zero attached hydrogens (tertiary/aromatic N) is 3. The predicted octanol–water partition coefficient (Wildman–Crippen LogP) is 2.05. The molecule has 0 bridgehead atoms. The van der Waals surface area contributed by atoms with Crippen LogP contribution in [0.15, 0.2) is 29.7 Å². The monoisotopic (exact) mass is 321 g/mol. The van der Waals surface area contributed by atoms with Crippen LogP contribution >= 0.6 is 11.8 Å². The second-order valence-electron chi connectivity index (χ2n) is 4.66. The fraction of sp³-hybridized carbons (Fsp3) is 0.357. The standard InChI is InChI=1S/C14H19N5O2S/c1-10-4-5-12(21-3)11(8-10)17-13(20)15-6-7-22-14-18-16-9-19(14)2/h4-5,8-9H,6-7H2,1-3H3,(H2,15,17,20). The molecule has 8 heteroatoms. The molecule has 0 unspecified atom stereocenters. The lowest BCUT2D eigenvalue weighted by Gasteiger charge is -2.11. The summed E-state index contributed by atoms with van der Waals surface area (Å²) in [5.41, 5.74) is 1.70. The van der Waals surface area contributed by atoms with Gasteiger partial charge < -0.3 is 19.9 Å². The molecule has 0 aliphatic heterocycles. The van der Waals surface area contributed by atoms with E-state index in [1.54, 1.807) is 13.4 Å². The molecule has 118 valence electrons. The molecule has 0 aliphatic rings. The highest BCUT2D eigenvalue weighted by Crippen LogP contribution is 2.24. The molecule has 0 atom stereocenters. The number of benzene rings is 1. The summed E-state index contributed by atoms with van der Waals surface area (Å²) in [6.45, 7) is 2.48. The van der Waals surface area contributed by atoms with Crippen molar-refractivity contribution in [3.8, 4) is 5.75 Å². The molecule has 1 aromatic heterocycles. The van der Waals surface area contributed by atoms with Gasteiger partial charge in [0.05, 0.1) is 12.8 Å². The summed E-state index contributed by atoms with van der Waals surface area (Å²) in [4.78, 5) is 11.9. The summed E-state index contributed by atoms with van der Waals surface area (Å²) >= 11 is 1.53. The molecule has 2 aromatic rings.